The van der Waals surface area contributed by atoms with Crippen LogP contribution in [0.15, 0.2) is 0 Å². The van der Waals surface area contributed by atoms with Crippen molar-refractivity contribution in [2.45, 2.75) is 49.9 Å². The summed E-state index contributed by atoms with van der Waals surface area (Å²) in [5.41, 5.74) is 0.219. The molecule has 1 aliphatic carbocycles. The fourth-order valence-electron chi connectivity index (χ4n) is 2.72. The topological polar surface area (TPSA) is 21.8 Å². The molecule has 0 bridgehead atoms. The smallest absolute Gasteiger partial charge is 0.121 e. The molecule has 0 aromatic heterocycles. The van der Waals surface area contributed by atoms with Gasteiger partial charge >= 0.3 is 0 Å². The zero-order chi connectivity index (χ0) is 7.31. The van der Waals surface area contributed by atoms with Crippen LogP contribution in [0, 0.1) is 0 Å². The van der Waals surface area contributed by atoms with Crippen LogP contribution in [0.2, 0.25) is 0 Å². The van der Waals surface area contributed by atoms with Crippen LogP contribution in [0.25, 0.3) is 0 Å². The highest BCUT2D eigenvalue weighted by molar-refractivity contribution is 5.11. The van der Waals surface area contributed by atoms with Crippen molar-refractivity contribution in [3.05, 3.63) is 0 Å². The van der Waals surface area contributed by atoms with Gasteiger partial charge in [0.1, 0.15) is 5.60 Å². The highest BCUT2D eigenvalue weighted by Crippen LogP contribution is 2.53. The quantitative estimate of drug-likeness (QED) is 0.493. The Bertz CT molecular complexity index is 178. The van der Waals surface area contributed by atoms with E-state index >= 15 is 0 Å². The molecule has 11 heavy (non-hydrogen) atoms. The van der Waals surface area contributed by atoms with Crippen molar-refractivity contribution < 1.29 is 9.47 Å². The van der Waals surface area contributed by atoms with E-state index in [-0.39, 0.29) is 5.60 Å². The molecule has 0 N–H and O–H groups in total. The van der Waals surface area contributed by atoms with Crippen molar-refractivity contribution in [2.75, 3.05) is 6.61 Å². The average molecular weight is 154 g/mol. The molecule has 0 amide bonds. The Kier molecular flexibility index (Phi) is 1.16. The minimum atomic E-state index is 0.219. The van der Waals surface area contributed by atoms with Gasteiger partial charge in [-0.25, -0.2) is 0 Å². The summed E-state index contributed by atoms with van der Waals surface area (Å²) >= 11 is 0. The predicted molar refractivity (Wildman–Crippen MR) is 40.4 cm³/mol. The van der Waals surface area contributed by atoms with Crippen LogP contribution in [0.4, 0.5) is 0 Å². The number of epoxide rings is 1. The largest absolute Gasteiger partial charge is 0.375 e. The fraction of sp³-hybridized carbons (Fsp3) is 1.00. The highest BCUT2D eigenvalue weighted by atomic mass is 16.6. The molecule has 2 nitrogen and oxygen atoms in total. The summed E-state index contributed by atoms with van der Waals surface area (Å²) in [7, 11) is 0. The van der Waals surface area contributed by atoms with Gasteiger partial charge in [0.25, 0.3) is 0 Å². The monoisotopic (exact) mass is 154 g/mol. The lowest BCUT2D eigenvalue weighted by atomic mass is 9.81. The third-order valence-electron chi connectivity index (χ3n) is 3.38. The summed E-state index contributed by atoms with van der Waals surface area (Å²) in [5.74, 6) is 0. The third kappa shape index (κ3) is 0.744. The number of ether oxygens (including phenoxy) is 2. The van der Waals surface area contributed by atoms with E-state index in [1.165, 1.54) is 25.7 Å². The van der Waals surface area contributed by atoms with Gasteiger partial charge in [-0.3, -0.25) is 0 Å². The summed E-state index contributed by atoms with van der Waals surface area (Å²) in [6.45, 7) is 0.928. The van der Waals surface area contributed by atoms with Crippen LogP contribution < -0.4 is 0 Å². The second-order valence-electron chi connectivity index (χ2n) is 3.96. The summed E-state index contributed by atoms with van der Waals surface area (Å²) < 4.78 is 11.4. The van der Waals surface area contributed by atoms with E-state index in [2.05, 4.69) is 0 Å². The van der Waals surface area contributed by atoms with Gasteiger partial charge < -0.3 is 9.47 Å². The maximum absolute atomic E-state index is 5.74. The number of hydrogen-bond donors (Lipinski definition) is 0. The van der Waals surface area contributed by atoms with Crippen molar-refractivity contribution in [3.63, 3.8) is 0 Å². The van der Waals surface area contributed by atoms with Gasteiger partial charge in [-0.1, -0.05) is 12.8 Å². The van der Waals surface area contributed by atoms with Crippen LogP contribution in [-0.4, -0.2) is 24.4 Å². The molecular formula is C9H14O2. The third-order valence-corrected chi connectivity index (χ3v) is 3.38. The molecule has 2 heterocycles. The van der Waals surface area contributed by atoms with E-state index in [0.29, 0.717) is 12.2 Å². The molecular weight excluding hydrogens is 140 g/mol. The average Bonchev–Trinajstić information content (AvgIpc) is 2.75. The summed E-state index contributed by atoms with van der Waals surface area (Å²) in [6.07, 6.45) is 7.32. The first-order valence-corrected chi connectivity index (χ1v) is 4.71. The van der Waals surface area contributed by atoms with Gasteiger partial charge in [-0.2, -0.15) is 0 Å². The van der Waals surface area contributed by atoms with Crippen molar-refractivity contribution in [3.8, 4) is 0 Å². The fourth-order valence-corrected chi connectivity index (χ4v) is 2.72. The Morgan fingerprint density at radius 2 is 2.09 bits per heavy atom. The van der Waals surface area contributed by atoms with Crippen LogP contribution in [0.5, 0.6) is 0 Å². The second kappa shape index (κ2) is 1.99. The molecule has 3 rings (SSSR count). The van der Waals surface area contributed by atoms with Crippen LogP contribution in [-0.2, 0) is 9.47 Å². The normalized spacial score (nSPS) is 54.5. The van der Waals surface area contributed by atoms with E-state index in [1.807, 2.05) is 0 Å². The maximum atomic E-state index is 5.74. The molecule has 2 heteroatoms. The van der Waals surface area contributed by atoms with Crippen molar-refractivity contribution >= 4 is 0 Å². The Hall–Kier alpha value is -0.0800. The predicted octanol–water partition coefficient (Wildman–Crippen LogP) is 1.49. The molecule has 62 valence electrons. The first-order valence-electron chi connectivity index (χ1n) is 4.71. The Balaban J connectivity index is 1.84. The molecule has 3 atom stereocenters. The maximum Gasteiger partial charge on any atom is 0.121 e. The van der Waals surface area contributed by atoms with Gasteiger partial charge in [0, 0.05) is 6.61 Å². The molecule has 0 aromatic carbocycles. The second-order valence-corrected chi connectivity index (χ2v) is 3.96. The zero-order valence-corrected chi connectivity index (χ0v) is 6.71. The van der Waals surface area contributed by atoms with Gasteiger partial charge in [-0.05, 0) is 19.3 Å². The number of hydrogen-bond acceptors (Lipinski definition) is 2. The first kappa shape index (κ1) is 6.44. The Morgan fingerprint density at radius 3 is 3.00 bits per heavy atom. The van der Waals surface area contributed by atoms with E-state index in [0.717, 1.165) is 13.0 Å². The molecule has 2 saturated heterocycles. The molecule has 1 spiro atoms. The van der Waals surface area contributed by atoms with Gasteiger partial charge in [0.15, 0.2) is 0 Å². The highest BCUT2D eigenvalue weighted by Gasteiger charge is 2.63. The lowest BCUT2D eigenvalue weighted by molar-refractivity contribution is -0.0344. The number of rotatable bonds is 0. The van der Waals surface area contributed by atoms with Gasteiger partial charge in [0.05, 0.1) is 12.2 Å². The standard InChI is InChI=1S/C9H14O2/c1-2-5-9-7(3-1)10-6-4-8(9)11-9/h7-8H,1-6H2/t7-,8?,9-/m1/s1. The molecule has 3 fully saturated rings. The minimum absolute atomic E-state index is 0.219. The summed E-state index contributed by atoms with van der Waals surface area (Å²) in [5, 5.41) is 0. The lowest BCUT2D eigenvalue weighted by Gasteiger charge is -2.32. The van der Waals surface area contributed by atoms with Crippen molar-refractivity contribution in [1.29, 1.82) is 0 Å². The van der Waals surface area contributed by atoms with Crippen LogP contribution in [0.3, 0.4) is 0 Å². The summed E-state index contributed by atoms with van der Waals surface area (Å²) in [6, 6.07) is 0. The van der Waals surface area contributed by atoms with Gasteiger partial charge in [0.2, 0.25) is 0 Å². The summed E-state index contributed by atoms with van der Waals surface area (Å²) in [4.78, 5) is 0. The van der Waals surface area contributed by atoms with E-state index < -0.39 is 0 Å². The molecule has 0 radical (unpaired) electrons. The molecule has 1 unspecified atom stereocenters. The van der Waals surface area contributed by atoms with Crippen molar-refractivity contribution in [1.82, 2.24) is 0 Å². The van der Waals surface area contributed by atoms with Crippen LogP contribution in [0.1, 0.15) is 32.1 Å². The zero-order valence-electron chi connectivity index (χ0n) is 6.71. The first-order chi connectivity index (χ1) is 5.42. The molecule has 0 aromatic rings. The van der Waals surface area contributed by atoms with E-state index in [9.17, 15) is 0 Å². The SMILES string of the molecule is C1CC[C@]23OC2CCO[C@@H]3C1. The molecule has 2 aliphatic heterocycles. The van der Waals surface area contributed by atoms with Gasteiger partial charge in [-0.15, -0.1) is 0 Å². The Labute approximate surface area is 66.9 Å². The minimum Gasteiger partial charge on any atom is -0.375 e. The van der Waals surface area contributed by atoms with Crippen molar-refractivity contribution in [2.24, 2.45) is 0 Å². The van der Waals surface area contributed by atoms with Crippen LogP contribution >= 0.6 is 0 Å². The molecule has 1 saturated carbocycles. The lowest BCUT2D eigenvalue weighted by Crippen LogP contribution is -2.41. The van der Waals surface area contributed by atoms with E-state index in [1.54, 1.807) is 0 Å². The Morgan fingerprint density at radius 1 is 1.09 bits per heavy atom. The molecule has 3 aliphatic rings. The van der Waals surface area contributed by atoms with E-state index in [4.69, 9.17) is 9.47 Å².